The molecule has 16 heavy (non-hydrogen) atoms. The predicted molar refractivity (Wildman–Crippen MR) is 65.6 cm³/mol. The first kappa shape index (κ1) is 14.6. The molecule has 0 saturated carbocycles. The van der Waals surface area contributed by atoms with Gasteiger partial charge in [0.2, 0.25) is 0 Å². The Balaban J connectivity index is 0.00000106. The molecule has 0 amide bonds. The molecule has 0 heterocycles. The third-order valence-corrected chi connectivity index (χ3v) is 2.04. The van der Waals surface area contributed by atoms with Crippen LogP contribution in [0.1, 0.15) is 30.5 Å². The molecule has 1 aromatic rings. The molecule has 0 radical (unpaired) electrons. The van der Waals surface area contributed by atoms with Crippen molar-refractivity contribution in [3.05, 3.63) is 28.8 Å². The molecule has 4 heteroatoms. The van der Waals surface area contributed by atoms with Crippen LogP contribution in [0.4, 0.5) is 0 Å². The Morgan fingerprint density at radius 3 is 1.94 bits per heavy atom. The lowest BCUT2D eigenvalue weighted by atomic mass is 10.1. The third-order valence-electron chi connectivity index (χ3n) is 2.04. The zero-order valence-corrected chi connectivity index (χ0v) is 10.1. The minimum atomic E-state index is 0.310. The Hall–Kier alpha value is -1.39. The molecule has 0 aromatic heterocycles. The average molecular weight is 225 g/mol. The first-order chi connectivity index (χ1) is 7.50. The van der Waals surface area contributed by atoms with Crippen LogP contribution in [0, 0.1) is 13.8 Å². The van der Waals surface area contributed by atoms with Crippen molar-refractivity contribution in [2.75, 3.05) is 0 Å². The fraction of sp³-hybridized carbons (Fsp3) is 0.417. The Labute approximate surface area is 95.8 Å². The van der Waals surface area contributed by atoms with Gasteiger partial charge in [-0.05, 0) is 56.5 Å². The van der Waals surface area contributed by atoms with E-state index in [9.17, 15) is 5.11 Å². The lowest BCUT2D eigenvalue weighted by Gasteiger charge is -2.04. The molecule has 0 spiro atoms. The highest BCUT2D eigenvalue weighted by molar-refractivity contribution is 5.81. The van der Waals surface area contributed by atoms with E-state index in [1.807, 2.05) is 46.0 Å². The lowest BCUT2D eigenvalue weighted by Crippen LogP contribution is -1.92. The number of benzene rings is 1. The summed E-state index contributed by atoms with van der Waals surface area (Å²) in [6.07, 6.45) is 1.85. The highest BCUT2D eigenvalue weighted by atomic mass is 17.0. The van der Waals surface area contributed by atoms with Crippen molar-refractivity contribution < 1.29 is 15.6 Å². The van der Waals surface area contributed by atoms with Crippen molar-refractivity contribution in [1.82, 2.24) is 0 Å². The second-order valence-electron chi connectivity index (χ2n) is 3.88. The maximum absolute atomic E-state index is 9.56. The van der Waals surface area contributed by atoms with Crippen LogP contribution in [0.3, 0.4) is 0 Å². The van der Waals surface area contributed by atoms with Gasteiger partial charge in [-0.2, -0.15) is 0 Å². The van der Waals surface area contributed by atoms with Gasteiger partial charge in [-0.15, -0.1) is 0 Å². The van der Waals surface area contributed by atoms with Crippen molar-refractivity contribution in [2.45, 2.75) is 33.7 Å². The van der Waals surface area contributed by atoms with E-state index in [1.165, 1.54) is 0 Å². The highest BCUT2D eigenvalue weighted by Gasteiger charge is 2.01. The predicted octanol–water partition coefficient (Wildman–Crippen LogP) is 2.85. The Morgan fingerprint density at radius 2 is 1.56 bits per heavy atom. The van der Waals surface area contributed by atoms with Gasteiger partial charge in [0.1, 0.15) is 5.75 Å². The molecular weight excluding hydrogens is 206 g/mol. The van der Waals surface area contributed by atoms with Crippen molar-refractivity contribution in [2.24, 2.45) is 4.99 Å². The molecule has 0 unspecified atom stereocenters. The van der Waals surface area contributed by atoms with E-state index in [2.05, 4.69) is 4.99 Å². The minimum absolute atomic E-state index is 0.310. The summed E-state index contributed by atoms with van der Waals surface area (Å²) in [7, 11) is 0. The van der Waals surface area contributed by atoms with Crippen LogP contribution in [0.2, 0.25) is 0 Å². The Kier molecular flexibility index (Phi) is 6.37. The summed E-state index contributed by atoms with van der Waals surface area (Å²) in [5.41, 5.74) is 2.84. The second kappa shape index (κ2) is 6.98. The number of aryl methyl sites for hydroxylation is 2. The Morgan fingerprint density at radius 1 is 1.12 bits per heavy atom. The normalized spacial score (nSPS) is 10.4. The van der Waals surface area contributed by atoms with Gasteiger partial charge in [-0.1, -0.05) is 0 Å². The molecule has 0 saturated heterocycles. The fourth-order valence-corrected chi connectivity index (χ4v) is 1.30. The van der Waals surface area contributed by atoms with E-state index in [0.29, 0.717) is 11.8 Å². The average Bonchev–Trinajstić information content (AvgIpc) is 2.25. The molecule has 0 fully saturated rings. The molecule has 90 valence electrons. The summed E-state index contributed by atoms with van der Waals surface area (Å²) in [6, 6.07) is 4.19. The van der Waals surface area contributed by atoms with Gasteiger partial charge >= 0.3 is 0 Å². The lowest BCUT2D eigenvalue weighted by molar-refractivity contribution is -0.176. The first-order valence-corrected chi connectivity index (χ1v) is 5.04. The van der Waals surface area contributed by atoms with Crippen molar-refractivity contribution in [3.8, 4) is 5.75 Å². The van der Waals surface area contributed by atoms with E-state index in [1.54, 1.807) is 0 Å². The highest BCUT2D eigenvalue weighted by Crippen LogP contribution is 2.22. The number of nitrogens with zero attached hydrogens (tertiary/aromatic N) is 1. The van der Waals surface area contributed by atoms with E-state index >= 15 is 0 Å². The van der Waals surface area contributed by atoms with Gasteiger partial charge in [0.05, 0.1) is 0 Å². The summed E-state index contributed by atoms with van der Waals surface area (Å²) in [6.45, 7) is 7.87. The zero-order valence-electron chi connectivity index (χ0n) is 10.1. The van der Waals surface area contributed by atoms with Crippen LogP contribution in [0.15, 0.2) is 17.1 Å². The third kappa shape index (κ3) is 4.42. The fourth-order valence-electron chi connectivity index (χ4n) is 1.30. The zero-order chi connectivity index (χ0) is 12.7. The molecule has 3 N–H and O–H groups in total. The largest absolute Gasteiger partial charge is 0.507 e. The maximum atomic E-state index is 9.56. The van der Waals surface area contributed by atoms with Crippen LogP contribution in [0.5, 0.6) is 5.75 Å². The number of phenols is 1. The van der Waals surface area contributed by atoms with Crippen LogP contribution >= 0.6 is 0 Å². The number of hydrogen-bond acceptors (Lipinski definition) is 4. The monoisotopic (exact) mass is 225 g/mol. The van der Waals surface area contributed by atoms with Crippen LogP contribution in [-0.2, 0) is 0 Å². The summed E-state index contributed by atoms with van der Waals surface area (Å²) in [4.78, 5) is 4.30. The molecule has 4 nitrogen and oxygen atoms in total. The number of aromatic hydroxyl groups is 1. The van der Waals surface area contributed by atoms with Gasteiger partial charge in [0.25, 0.3) is 0 Å². The van der Waals surface area contributed by atoms with Crippen LogP contribution in [-0.4, -0.2) is 27.9 Å². The molecule has 0 bridgehead atoms. The van der Waals surface area contributed by atoms with E-state index in [-0.39, 0.29) is 0 Å². The molecule has 0 aliphatic rings. The number of phenolic OH excluding ortho intramolecular Hbond substituents is 1. The van der Waals surface area contributed by atoms with Gasteiger partial charge in [0.15, 0.2) is 0 Å². The SMILES string of the molecule is Cc1cc(C=NC(C)C)cc(C)c1O.OO. The van der Waals surface area contributed by atoms with Gasteiger partial charge in [-0.25, -0.2) is 0 Å². The van der Waals surface area contributed by atoms with Crippen LogP contribution < -0.4 is 0 Å². The van der Waals surface area contributed by atoms with E-state index < -0.39 is 0 Å². The maximum Gasteiger partial charge on any atom is 0.121 e. The standard InChI is InChI=1S/C12H17NO.H2O2/c1-8(2)13-7-11-5-9(3)12(14)10(4)6-11;1-2/h5-8,14H,1-4H3;1-2H. The van der Waals surface area contributed by atoms with Gasteiger partial charge < -0.3 is 5.11 Å². The Bertz CT molecular complexity index is 336. The number of hydrogen-bond donors (Lipinski definition) is 3. The van der Waals surface area contributed by atoms with E-state index in [0.717, 1.165) is 16.7 Å². The minimum Gasteiger partial charge on any atom is -0.507 e. The number of rotatable bonds is 2. The van der Waals surface area contributed by atoms with Gasteiger partial charge in [0, 0.05) is 12.3 Å². The summed E-state index contributed by atoms with van der Waals surface area (Å²) < 4.78 is 0. The second-order valence-corrected chi connectivity index (χ2v) is 3.88. The first-order valence-electron chi connectivity index (χ1n) is 5.04. The topological polar surface area (TPSA) is 73.1 Å². The molecule has 0 aliphatic carbocycles. The quantitative estimate of drug-likeness (QED) is 0.411. The molecule has 1 aromatic carbocycles. The van der Waals surface area contributed by atoms with Crippen molar-refractivity contribution in [1.29, 1.82) is 0 Å². The summed E-state index contributed by atoms with van der Waals surface area (Å²) >= 11 is 0. The molecule has 0 atom stereocenters. The molecule has 1 rings (SSSR count). The van der Waals surface area contributed by atoms with Crippen LogP contribution in [0.25, 0.3) is 0 Å². The number of aliphatic imine (C=N–C) groups is 1. The molecule has 0 aliphatic heterocycles. The van der Waals surface area contributed by atoms with E-state index in [4.69, 9.17) is 10.5 Å². The smallest absolute Gasteiger partial charge is 0.121 e. The van der Waals surface area contributed by atoms with Crippen molar-refractivity contribution >= 4 is 6.21 Å². The summed E-state index contributed by atoms with van der Waals surface area (Å²) in [5, 5.41) is 21.6. The molecular formula is C12H19NO3. The van der Waals surface area contributed by atoms with Gasteiger partial charge in [-0.3, -0.25) is 15.5 Å². The summed E-state index contributed by atoms with van der Waals surface area (Å²) in [5.74, 6) is 0.381. The van der Waals surface area contributed by atoms with Crippen molar-refractivity contribution in [3.63, 3.8) is 0 Å².